The second kappa shape index (κ2) is 5.27. The van der Waals surface area contributed by atoms with Crippen molar-refractivity contribution < 1.29 is 5.11 Å². The van der Waals surface area contributed by atoms with Crippen LogP contribution in [0.2, 0.25) is 39.3 Å². The van der Waals surface area contributed by atoms with Crippen LogP contribution in [-0.2, 0) is 0 Å². The maximum absolute atomic E-state index is 10.1. The molecule has 0 amide bonds. The number of alkyl halides is 1. The lowest BCUT2D eigenvalue weighted by atomic mass is 10.4. The Morgan fingerprint density at radius 2 is 1.50 bits per heavy atom. The third-order valence-electron chi connectivity index (χ3n) is 1.97. The van der Waals surface area contributed by atoms with Gasteiger partial charge in [-0.2, -0.15) is 0 Å². The van der Waals surface area contributed by atoms with Gasteiger partial charge in [0.25, 0.3) is 0 Å². The van der Waals surface area contributed by atoms with Crippen LogP contribution < -0.4 is 0 Å². The van der Waals surface area contributed by atoms with Crippen molar-refractivity contribution in [1.82, 2.24) is 0 Å². The Labute approximate surface area is 104 Å². The van der Waals surface area contributed by atoms with Gasteiger partial charge >= 0.3 is 0 Å². The molecule has 0 aliphatic heterocycles. The van der Waals surface area contributed by atoms with Crippen molar-refractivity contribution in [2.45, 2.75) is 48.9 Å². The van der Waals surface area contributed by atoms with E-state index >= 15 is 0 Å². The SMILES string of the molecule is C[Si](C)(C)/C=C/[C@@H](I)[C@@H](O)[Si](C)(C)C. The van der Waals surface area contributed by atoms with Crippen LogP contribution >= 0.6 is 22.6 Å². The fourth-order valence-corrected chi connectivity index (χ4v) is 6.65. The molecule has 0 spiro atoms. The Kier molecular flexibility index (Phi) is 5.60. The van der Waals surface area contributed by atoms with Crippen LogP contribution in [0.1, 0.15) is 0 Å². The van der Waals surface area contributed by atoms with Crippen LogP contribution in [0.3, 0.4) is 0 Å². The molecule has 0 bridgehead atoms. The van der Waals surface area contributed by atoms with E-state index < -0.39 is 16.1 Å². The molecule has 0 saturated carbocycles. The molecule has 0 radical (unpaired) electrons. The predicted molar refractivity (Wildman–Crippen MR) is 79.6 cm³/mol. The fourth-order valence-electron chi connectivity index (χ4n) is 0.964. The van der Waals surface area contributed by atoms with Gasteiger partial charge < -0.3 is 5.11 Å². The van der Waals surface area contributed by atoms with Gasteiger partial charge in [-0.05, 0) is 0 Å². The first kappa shape index (κ1) is 14.9. The molecular formula is C10H23IOSi2. The summed E-state index contributed by atoms with van der Waals surface area (Å²) >= 11 is 2.35. The van der Waals surface area contributed by atoms with E-state index in [1.165, 1.54) is 0 Å². The quantitative estimate of drug-likeness (QED) is 0.471. The summed E-state index contributed by atoms with van der Waals surface area (Å²) in [6.45, 7) is 13.6. The second-order valence-corrected chi connectivity index (χ2v) is 17.8. The number of hydrogen-bond donors (Lipinski definition) is 1. The van der Waals surface area contributed by atoms with Gasteiger partial charge in [-0.25, -0.2) is 0 Å². The molecule has 14 heavy (non-hydrogen) atoms. The standard InChI is InChI=1S/C10H23IOSi2/c1-13(2,3)8-7-9(11)10(12)14(4,5)6/h7-10,12H,1-6H3/b8-7+/t9-,10+/m1/s1. The lowest BCUT2D eigenvalue weighted by molar-refractivity contribution is 0.256. The number of halogens is 1. The molecule has 0 fully saturated rings. The Balaban J connectivity index is 4.36. The summed E-state index contributed by atoms with van der Waals surface area (Å²) in [4.78, 5) is 0. The Morgan fingerprint density at radius 3 is 1.79 bits per heavy atom. The molecule has 0 aromatic rings. The maximum Gasteiger partial charge on any atom is 0.0799 e. The summed E-state index contributed by atoms with van der Waals surface area (Å²) in [6.07, 6.45) is 2.20. The predicted octanol–water partition coefficient (Wildman–Crippen LogP) is 3.46. The number of aliphatic hydroxyl groups is 1. The van der Waals surface area contributed by atoms with Crippen LogP contribution in [0.4, 0.5) is 0 Å². The van der Waals surface area contributed by atoms with Crippen molar-refractivity contribution in [2.75, 3.05) is 0 Å². The highest BCUT2D eigenvalue weighted by Gasteiger charge is 2.29. The molecule has 0 unspecified atom stereocenters. The molecule has 0 aromatic heterocycles. The minimum atomic E-state index is -1.41. The molecule has 1 N–H and O–H groups in total. The highest BCUT2D eigenvalue weighted by atomic mass is 127. The summed E-state index contributed by atoms with van der Waals surface area (Å²) in [6, 6.07) is 0. The first-order chi connectivity index (χ1) is 6.04. The van der Waals surface area contributed by atoms with E-state index in [0.29, 0.717) is 0 Å². The van der Waals surface area contributed by atoms with Crippen LogP contribution in [-0.4, -0.2) is 30.9 Å². The van der Waals surface area contributed by atoms with Crippen molar-refractivity contribution in [1.29, 1.82) is 0 Å². The Bertz CT molecular complexity index is 203. The molecule has 0 rings (SSSR count). The minimum absolute atomic E-state index is 0.129. The minimum Gasteiger partial charge on any atom is -0.395 e. The highest BCUT2D eigenvalue weighted by molar-refractivity contribution is 14.1. The van der Waals surface area contributed by atoms with Crippen LogP contribution in [0.5, 0.6) is 0 Å². The van der Waals surface area contributed by atoms with Crippen molar-refractivity contribution in [3.05, 3.63) is 11.8 Å². The first-order valence-electron chi connectivity index (χ1n) is 5.05. The van der Waals surface area contributed by atoms with Gasteiger partial charge in [0.15, 0.2) is 0 Å². The zero-order valence-electron chi connectivity index (χ0n) is 10.1. The molecule has 0 aromatic carbocycles. The summed E-state index contributed by atoms with van der Waals surface area (Å²) in [5, 5.41) is 10.1. The molecule has 84 valence electrons. The summed E-state index contributed by atoms with van der Waals surface area (Å²) in [5.41, 5.74) is 2.20. The van der Waals surface area contributed by atoms with Gasteiger partial charge in [0.2, 0.25) is 0 Å². The van der Waals surface area contributed by atoms with Gasteiger partial charge in [-0.15, -0.1) is 0 Å². The maximum atomic E-state index is 10.1. The van der Waals surface area contributed by atoms with E-state index in [2.05, 4.69) is 73.6 Å². The average Bonchev–Trinajstić information content (AvgIpc) is 1.95. The Morgan fingerprint density at radius 1 is 1.07 bits per heavy atom. The summed E-state index contributed by atoms with van der Waals surface area (Å²) in [7, 11) is -2.51. The van der Waals surface area contributed by atoms with Crippen molar-refractivity contribution >= 4 is 38.7 Å². The van der Waals surface area contributed by atoms with E-state index in [4.69, 9.17) is 0 Å². The highest BCUT2D eigenvalue weighted by Crippen LogP contribution is 2.19. The lowest BCUT2D eigenvalue weighted by Gasteiger charge is -2.27. The molecule has 4 heteroatoms. The summed E-state index contributed by atoms with van der Waals surface area (Å²) < 4.78 is 0.283. The number of aliphatic hydroxyl groups excluding tert-OH is 1. The zero-order chi connectivity index (χ0) is 11.6. The topological polar surface area (TPSA) is 20.2 Å². The van der Waals surface area contributed by atoms with Crippen molar-refractivity contribution in [3.8, 4) is 0 Å². The van der Waals surface area contributed by atoms with Gasteiger partial charge in [-0.1, -0.05) is 73.6 Å². The van der Waals surface area contributed by atoms with Crippen LogP contribution in [0, 0.1) is 0 Å². The van der Waals surface area contributed by atoms with Crippen LogP contribution in [0.15, 0.2) is 11.8 Å². The molecule has 0 heterocycles. The monoisotopic (exact) mass is 342 g/mol. The zero-order valence-corrected chi connectivity index (χ0v) is 14.3. The molecule has 0 aliphatic carbocycles. The first-order valence-corrected chi connectivity index (χ1v) is 13.5. The third-order valence-corrected chi connectivity index (χ3v) is 7.07. The molecular weight excluding hydrogens is 319 g/mol. The van der Waals surface area contributed by atoms with E-state index in [-0.39, 0.29) is 9.65 Å². The second-order valence-electron chi connectivity index (χ2n) is 5.98. The molecule has 1 nitrogen and oxygen atoms in total. The van der Waals surface area contributed by atoms with E-state index in [0.717, 1.165) is 0 Å². The fraction of sp³-hybridized carbons (Fsp3) is 0.800. The lowest BCUT2D eigenvalue weighted by Crippen LogP contribution is -2.43. The molecule has 0 aliphatic rings. The van der Waals surface area contributed by atoms with Gasteiger partial charge in [-0.3, -0.25) is 0 Å². The largest absolute Gasteiger partial charge is 0.395 e. The van der Waals surface area contributed by atoms with Gasteiger partial charge in [0.1, 0.15) is 0 Å². The van der Waals surface area contributed by atoms with Crippen molar-refractivity contribution in [2.24, 2.45) is 0 Å². The van der Waals surface area contributed by atoms with E-state index in [9.17, 15) is 5.11 Å². The molecule has 0 saturated heterocycles. The van der Waals surface area contributed by atoms with Gasteiger partial charge in [0.05, 0.1) is 25.8 Å². The van der Waals surface area contributed by atoms with E-state index in [1.54, 1.807) is 0 Å². The number of hydrogen-bond acceptors (Lipinski definition) is 1. The average molecular weight is 342 g/mol. The third kappa shape index (κ3) is 6.37. The van der Waals surface area contributed by atoms with Crippen LogP contribution in [0.25, 0.3) is 0 Å². The van der Waals surface area contributed by atoms with Gasteiger partial charge in [0, 0.05) is 0 Å². The summed E-state index contributed by atoms with van der Waals surface area (Å²) in [5.74, 6) is 0. The smallest absolute Gasteiger partial charge is 0.0799 e. The van der Waals surface area contributed by atoms with E-state index in [1.807, 2.05) is 0 Å². The number of rotatable bonds is 4. The Hall–Kier alpha value is 0.864. The van der Waals surface area contributed by atoms with Crippen molar-refractivity contribution in [3.63, 3.8) is 0 Å². The molecule has 2 atom stereocenters. The normalized spacial score (nSPS) is 18.6.